The molecule has 1 aromatic rings. The summed E-state index contributed by atoms with van der Waals surface area (Å²) in [5.74, 6) is 1.17. The zero-order valence-electron chi connectivity index (χ0n) is 9.74. The normalized spacial score (nSPS) is 19.6. The lowest BCUT2D eigenvalue weighted by molar-refractivity contribution is 0.409. The Bertz CT molecular complexity index is 300. The predicted molar refractivity (Wildman–Crippen MR) is 61.6 cm³/mol. The molecule has 3 nitrogen and oxygen atoms in total. The Labute approximate surface area is 91.9 Å². The van der Waals surface area contributed by atoms with E-state index in [1.165, 1.54) is 31.5 Å². The van der Waals surface area contributed by atoms with Gasteiger partial charge in [0.25, 0.3) is 0 Å². The van der Waals surface area contributed by atoms with Crippen LogP contribution in [0.3, 0.4) is 0 Å². The number of nitrogens with one attached hydrogen (secondary N) is 1. The van der Waals surface area contributed by atoms with Gasteiger partial charge in [0, 0.05) is 25.5 Å². The molecule has 0 spiro atoms. The summed E-state index contributed by atoms with van der Waals surface area (Å²) in [7, 11) is 2.07. The number of imidazole rings is 1. The molecule has 0 amide bonds. The van der Waals surface area contributed by atoms with Crippen molar-refractivity contribution in [2.45, 2.75) is 51.1 Å². The van der Waals surface area contributed by atoms with Crippen LogP contribution in [0.2, 0.25) is 0 Å². The van der Waals surface area contributed by atoms with Gasteiger partial charge in [0.1, 0.15) is 5.82 Å². The Balaban J connectivity index is 2.00. The molecule has 84 valence electrons. The highest BCUT2D eigenvalue weighted by molar-refractivity contribution is 4.99. The average molecular weight is 207 g/mol. The van der Waals surface area contributed by atoms with Gasteiger partial charge in [-0.2, -0.15) is 0 Å². The second-order valence-corrected chi connectivity index (χ2v) is 4.51. The number of aromatic nitrogens is 2. The van der Waals surface area contributed by atoms with Crippen LogP contribution in [-0.4, -0.2) is 15.6 Å². The summed E-state index contributed by atoms with van der Waals surface area (Å²) in [6.45, 7) is 2.22. The molecule has 0 bridgehead atoms. The first kappa shape index (κ1) is 10.7. The van der Waals surface area contributed by atoms with Crippen molar-refractivity contribution in [2.24, 2.45) is 7.05 Å². The molecule has 0 aromatic carbocycles. The third kappa shape index (κ3) is 2.40. The molecule has 1 atom stereocenters. The summed E-state index contributed by atoms with van der Waals surface area (Å²) >= 11 is 0. The van der Waals surface area contributed by atoms with Gasteiger partial charge in [-0.1, -0.05) is 19.8 Å². The molecule has 1 fully saturated rings. The van der Waals surface area contributed by atoms with Gasteiger partial charge >= 0.3 is 0 Å². The van der Waals surface area contributed by atoms with Crippen molar-refractivity contribution in [2.75, 3.05) is 0 Å². The van der Waals surface area contributed by atoms with Gasteiger partial charge in [0.2, 0.25) is 0 Å². The Morgan fingerprint density at radius 3 is 2.80 bits per heavy atom. The first-order chi connectivity index (χ1) is 7.31. The molecule has 1 aliphatic carbocycles. The minimum Gasteiger partial charge on any atom is -0.337 e. The quantitative estimate of drug-likeness (QED) is 0.821. The minimum absolute atomic E-state index is 0.424. The second-order valence-electron chi connectivity index (χ2n) is 4.51. The van der Waals surface area contributed by atoms with Crippen LogP contribution in [0.5, 0.6) is 0 Å². The van der Waals surface area contributed by atoms with Crippen LogP contribution < -0.4 is 5.32 Å². The van der Waals surface area contributed by atoms with Crippen molar-refractivity contribution in [3.8, 4) is 0 Å². The molecule has 1 aromatic heterocycles. The fourth-order valence-electron chi connectivity index (χ4n) is 2.46. The van der Waals surface area contributed by atoms with Gasteiger partial charge < -0.3 is 9.88 Å². The lowest BCUT2D eigenvalue weighted by atomic mass is 10.1. The van der Waals surface area contributed by atoms with E-state index in [-0.39, 0.29) is 0 Å². The van der Waals surface area contributed by atoms with Crippen molar-refractivity contribution in [3.63, 3.8) is 0 Å². The van der Waals surface area contributed by atoms with E-state index < -0.39 is 0 Å². The SMILES string of the molecule is CCC(NC1CCCC1)c1nccn1C. The highest BCUT2D eigenvalue weighted by Gasteiger charge is 2.21. The number of rotatable bonds is 4. The van der Waals surface area contributed by atoms with Crippen LogP contribution in [0.4, 0.5) is 0 Å². The summed E-state index contributed by atoms with van der Waals surface area (Å²) in [5, 5.41) is 3.73. The van der Waals surface area contributed by atoms with Crippen LogP contribution in [0, 0.1) is 0 Å². The highest BCUT2D eigenvalue weighted by atomic mass is 15.1. The molecule has 1 unspecified atom stereocenters. The highest BCUT2D eigenvalue weighted by Crippen LogP contribution is 2.22. The van der Waals surface area contributed by atoms with E-state index in [4.69, 9.17) is 0 Å². The number of aryl methyl sites for hydroxylation is 1. The maximum atomic E-state index is 4.43. The summed E-state index contributed by atoms with van der Waals surface area (Å²) in [5.41, 5.74) is 0. The number of hydrogen-bond acceptors (Lipinski definition) is 2. The third-order valence-electron chi connectivity index (χ3n) is 3.37. The van der Waals surface area contributed by atoms with E-state index >= 15 is 0 Å². The predicted octanol–water partition coefficient (Wildman–Crippen LogP) is 2.40. The van der Waals surface area contributed by atoms with Gasteiger partial charge in [-0.25, -0.2) is 4.98 Å². The van der Waals surface area contributed by atoms with Gasteiger partial charge in [-0.15, -0.1) is 0 Å². The average Bonchev–Trinajstić information content (AvgIpc) is 2.85. The second kappa shape index (κ2) is 4.79. The zero-order chi connectivity index (χ0) is 10.7. The summed E-state index contributed by atoms with van der Waals surface area (Å²) in [6.07, 6.45) is 10.5. The Morgan fingerprint density at radius 1 is 1.53 bits per heavy atom. The molecule has 0 radical (unpaired) electrons. The van der Waals surface area contributed by atoms with Crippen molar-refractivity contribution in [1.29, 1.82) is 0 Å². The van der Waals surface area contributed by atoms with Crippen LogP contribution in [0.15, 0.2) is 12.4 Å². The number of nitrogens with zero attached hydrogens (tertiary/aromatic N) is 2. The van der Waals surface area contributed by atoms with E-state index in [1.54, 1.807) is 0 Å². The molecule has 1 heterocycles. The van der Waals surface area contributed by atoms with Crippen molar-refractivity contribution < 1.29 is 0 Å². The van der Waals surface area contributed by atoms with E-state index in [0.717, 1.165) is 6.42 Å². The van der Waals surface area contributed by atoms with Gasteiger partial charge in [0.15, 0.2) is 0 Å². The lowest BCUT2D eigenvalue weighted by Crippen LogP contribution is -2.31. The van der Waals surface area contributed by atoms with Gasteiger partial charge in [0.05, 0.1) is 6.04 Å². The largest absolute Gasteiger partial charge is 0.337 e. The van der Waals surface area contributed by atoms with Crippen LogP contribution in [0.1, 0.15) is 50.9 Å². The maximum Gasteiger partial charge on any atom is 0.125 e. The van der Waals surface area contributed by atoms with Crippen LogP contribution >= 0.6 is 0 Å². The van der Waals surface area contributed by atoms with Crippen LogP contribution in [0.25, 0.3) is 0 Å². The van der Waals surface area contributed by atoms with Crippen molar-refractivity contribution in [1.82, 2.24) is 14.9 Å². The first-order valence-electron chi connectivity index (χ1n) is 6.04. The minimum atomic E-state index is 0.424. The molecule has 0 saturated heterocycles. The van der Waals surface area contributed by atoms with Gasteiger partial charge in [-0.3, -0.25) is 0 Å². The van der Waals surface area contributed by atoms with Crippen molar-refractivity contribution >= 4 is 0 Å². The number of hydrogen-bond donors (Lipinski definition) is 1. The molecule has 1 saturated carbocycles. The molecule has 1 N–H and O–H groups in total. The molecular formula is C12H21N3. The molecule has 0 aliphatic heterocycles. The van der Waals surface area contributed by atoms with E-state index in [2.05, 4.69) is 28.8 Å². The smallest absolute Gasteiger partial charge is 0.125 e. The fraction of sp³-hybridized carbons (Fsp3) is 0.750. The third-order valence-corrected chi connectivity index (χ3v) is 3.37. The zero-order valence-corrected chi connectivity index (χ0v) is 9.74. The standard InChI is InChI=1S/C12H21N3/c1-3-11(12-13-8-9-15(12)2)14-10-6-4-5-7-10/h8-11,14H,3-7H2,1-2H3. The van der Waals surface area contributed by atoms with E-state index in [1.807, 2.05) is 12.4 Å². The summed E-state index contributed by atoms with van der Waals surface area (Å²) < 4.78 is 2.12. The topological polar surface area (TPSA) is 29.9 Å². The van der Waals surface area contributed by atoms with E-state index in [9.17, 15) is 0 Å². The van der Waals surface area contributed by atoms with Crippen LogP contribution in [-0.2, 0) is 7.05 Å². The molecular weight excluding hydrogens is 186 g/mol. The molecule has 15 heavy (non-hydrogen) atoms. The Hall–Kier alpha value is -0.830. The summed E-state index contributed by atoms with van der Waals surface area (Å²) in [6, 6.07) is 1.14. The Morgan fingerprint density at radius 2 is 2.27 bits per heavy atom. The fourth-order valence-corrected chi connectivity index (χ4v) is 2.46. The van der Waals surface area contributed by atoms with E-state index in [0.29, 0.717) is 12.1 Å². The maximum absolute atomic E-state index is 4.43. The monoisotopic (exact) mass is 207 g/mol. The first-order valence-corrected chi connectivity index (χ1v) is 6.04. The van der Waals surface area contributed by atoms with Gasteiger partial charge in [-0.05, 0) is 19.3 Å². The van der Waals surface area contributed by atoms with Crippen molar-refractivity contribution in [3.05, 3.63) is 18.2 Å². The Kier molecular flexibility index (Phi) is 3.41. The molecule has 3 heteroatoms. The summed E-state index contributed by atoms with van der Waals surface area (Å²) in [4.78, 5) is 4.43. The lowest BCUT2D eigenvalue weighted by Gasteiger charge is -2.21. The molecule has 1 aliphatic rings. The molecule has 2 rings (SSSR count).